The van der Waals surface area contributed by atoms with E-state index in [1.54, 1.807) is 24.3 Å². The zero-order chi connectivity index (χ0) is 22.2. The predicted octanol–water partition coefficient (Wildman–Crippen LogP) is 5.19. The summed E-state index contributed by atoms with van der Waals surface area (Å²) in [6.45, 7) is 0.598. The van der Waals surface area contributed by atoms with Gasteiger partial charge in [0.1, 0.15) is 0 Å². The summed E-state index contributed by atoms with van der Waals surface area (Å²) in [5.74, 6) is -1.06. The Morgan fingerprint density at radius 2 is 1.77 bits per heavy atom. The van der Waals surface area contributed by atoms with E-state index < -0.39 is 15.8 Å². The van der Waals surface area contributed by atoms with Crippen LogP contribution in [0.15, 0.2) is 77.8 Å². The Bertz CT molecular complexity index is 1390. The van der Waals surface area contributed by atoms with E-state index in [2.05, 4.69) is 9.88 Å². The molecule has 0 saturated carbocycles. The van der Waals surface area contributed by atoms with Crippen LogP contribution in [0.3, 0.4) is 0 Å². The molecule has 2 N–H and O–H groups in total. The second kappa shape index (κ2) is 8.09. The Hall–Kier alpha value is -3.29. The average Bonchev–Trinajstić information content (AvgIpc) is 3.11. The molecule has 4 aromatic rings. The maximum absolute atomic E-state index is 11.6. The van der Waals surface area contributed by atoms with E-state index >= 15 is 0 Å². The van der Waals surface area contributed by atoms with Gasteiger partial charge in [-0.15, -0.1) is 0 Å². The van der Waals surface area contributed by atoms with Crippen LogP contribution in [-0.2, 0) is 16.4 Å². The van der Waals surface area contributed by atoms with Crippen LogP contribution in [0.5, 0.6) is 0 Å². The molecule has 0 unspecified atom stereocenters. The number of rotatable bonds is 6. The number of carboxylic acid groups (broad SMARTS) is 1. The van der Waals surface area contributed by atoms with Crippen LogP contribution in [0.2, 0.25) is 5.02 Å². The van der Waals surface area contributed by atoms with Gasteiger partial charge in [0.2, 0.25) is 0 Å². The third-order valence-corrected chi connectivity index (χ3v) is 6.33. The van der Waals surface area contributed by atoms with Crippen molar-refractivity contribution in [2.45, 2.75) is 11.4 Å². The molecule has 31 heavy (non-hydrogen) atoms. The fraction of sp³-hybridized carbons (Fsp3) is 0.0870. The molecule has 0 aliphatic carbocycles. The van der Waals surface area contributed by atoms with Crippen LogP contribution < -0.4 is 5.32 Å². The molecule has 0 amide bonds. The van der Waals surface area contributed by atoms with Crippen LogP contribution in [0, 0.1) is 0 Å². The fourth-order valence-corrected chi connectivity index (χ4v) is 4.22. The largest absolute Gasteiger partial charge is 0.478 e. The zero-order valence-electron chi connectivity index (χ0n) is 16.5. The highest BCUT2D eigenvalue weighted by Crippen LogP contribution is 2.27. The summed E-state index contributed by atoms with van der Waals surface area (Å²) in [4.78, 5) is 11.8. The number of aromatic nitrogens is 1. The first-order chi connectivity index (χ1) is 14.7. The molecule has 0 radical (unpaired) electrons. The summed E-state index contributed by atoms with van der Waals surface area (Å²) in [5, 5.41) is 13.9. The van der Waals surface area contributed by atoms with Gasteiger partial charge in [-0.25, -0.2) is 13.2 Å². The lowest BCUT2D eigenvalue weighted by Crippen LogP contribution is -2.03. The number of nitrogens with one attached hydrogen (secondary N) is 1. The molecule has 3 aromatic carbocycles. The molecule has 6 nitrogen and oxygen atoms in total. The first-order valence-electron chi connectivity index (χ1n) is 9.38. The smallest absolute Gasteiger partial charge is 0.337 e. The van der Waals surface area contributed by atoms with Crippen molar-refractivity contribution in [1.82, 2.24) is 4.57 Å². The van der Waals surface area contributed by atoms with E-state index in [1.807, 2.05) is 42.6 Å². The highest BCUT2D eigenvalue weighted by molar-refractivity contribution is 7.90. The standard InChI is InChI=1S/C23H19ClN2O4S/c1-31(29,30)19-6-2-15(3-7-19)14-26-11-10-16-12-18(5-9-22(16)26)25-21-8-4-17(24)13-20(21)23(27)28/h2-13,25H,14H2,1H3,(H,27,28). The van der Waals surface area contributed by atoms with Crippen molar-refractivity contribution in [3.05, 3.63) is 89.1 Å². The monoisotopic (exact) mass is 454 g/mol. The normalized spacial score (nSPS) is 11.5. The molecule has 0 atom stereocenters. The molecule has 1 aromatic heterocycles. The number of carboxylic acids is 1. The van der Waals surface area contributed by atoms with Crippen molar-refractivity contribution in [3.8, 4) is 0 Å². The van der Waals surface area contributed by atoms with Gasteiger partial charge in [-0.05, 0) is 60.2 Å². The molecule has 0 aliphatic rings. The van der Waals surface area contributed by atoms with E-state index in [0.717, 1.165) is 22.2 Å². The number of fused-ring (bicyclic) bond motifs is 1. The van der Waals surface area contributed by atoms with Gasteiger partial charge in [0, 0.05) is 40.6 Å². The Morgan fingerprint density at radius 3 is 2.45 bits per heavy atom. The highest BCUT2D eigenvalue weighted by atomic mass is 35.5. The van der Waals surface area contributed by atoms with E-state index in [1.165, 1.54) is 12.3 Å². The predicted molar refractivity (Wildman–Crippen MR) is 122 cm³/mol. The van der Waals surface area contributed by atoms with E-state index in [4.69, 9.17) is 11.6 Å². The van der Waals surface area contributed by atoms with Crippen LogP contribution in [0.1, 0.15) is 15.9 Å². The summed E-state index contributed by atoms with van der Waals surface area (Å²) >= 11 is 5.92. The molecule has 0 aliphatic heterocycles. The molecular formula is C23H19ClN2O4S. The topological polar surface area (TPSA) is 88.4 Å². The molecule has 0 bridgehead atoms. The lowest BCUT2D eigenvalue weighted by atomic mass is 10.1. The summed E-state index contributed by atoms with van der Waals surface area (Å²) in [6.07, 6.45) is 3.15. The lowest BCUT2D eigenvalue weighted by molar-refractivity contribution is 0.0698. The highest BCUT2D eigenvalue weighted by Gasteiger charge is 2.12. The van der Waals surface area contributed by atoms with Crippen LogP contribution in [0.25, 0.3) is 10.9 Å². The Morgan fingerprint density at radius 1 is 1.03 bits per heavy atom. The minimum Gasteiger partial charge on any atom is -0.478 e. The van der Waals surface area contributed by atoms with Gasteiger partial charge in [-0.3, -0.25) is 0 Å². The summed E-state index contributed by atoms with van der Waals surface area (Å²) in [5.41, 5.74) is 3.31. The maximum Gasteiger partial charge on any atom is 0.337 e. The number of halogens is 1. The number of sulfone groups is 1. The van der Waals surface area contributed by atoms with Crippen molar-refractivity contribution < 1.29 is 18.3 Å². The number of carbonyl (C=O) groups is 1. The van der Waals surface area contributed by atoms with Crippen molar-refractivity contribution in [2.75, 3.05) is 11.6 Å². The first kappa shape index (κ1) is 21.0. The van der Waals surface area contributed by atoms with E-state index in [9.17, 15) is 18.3 Å². The number of hydrogen-bond donors (Lipinski definition) is 2. The second-order valence-electron chi connectivity index (χ2n) is 7.25. The molecule has 1 heterocycles. The molecule has 0 saturated heterocycles. The summed E-state index contributed by atoms with van der Waals surface area (Å²) in [6, 6.07) is 19.3. The third-order valence-electron chi connectivity index (χ3n) is 4.97. The van der Waals surface area contributed by atoms with Crippen molar-refractivity contribution >= 4 is 49.7 Å². The van der Waals surface area contributed by atoms with Gasteiger partial charge >= 0.3 is 5.97 Å². The minimum absolute atomic E-state index is 0.0997. The molecule has 8 heteroatoms. The van der Waals surface area contributed by atoms with Gasteiger partial charge in [0.25, 0.3) is 0 Å². The fourth-order valence-electron chi connectivity index (χ4n) is 3.41. The van der Waals surface area contributed by atoms with Gasteiger partial charge in [0.05, 0.1) is 16.1 Å². The number of aromatic carboxylic acids is 1. The number of anilines is 2. The van der Waals surface area contributed by atoms with Crippen LogP contribution in [0.4, 0.5) is 11.4 Å². The average molecular weight is 455 g/mol. The molecule has 0 spiro atoms. The van der Waals surface area contributed by atoms with Gasteiger partial charge < -0.3 is 15.0 Å². The van der Waals surface area contributed by atoms with E-state index in [-0.39, 0.29) is 5.56 Å². The third kappa shape index (κ3) is 4.57. The second-order valence-corrected chi connectivity index (χ2v) is 9.71. The van der Waals surface area contributed by atoms with E-state index in [0.29, 0.717) is 22.2 Å². The zero-order valence-corrected chi connectivity index (χ0v) is 18.1. The van der Waals surface area contributed by atoms with Crippen molar-refractivity contribution in [3.63, 3.8) is 0 Å². The Labute approximate surface area is 184 Å². The van der Waals surface area contributed by atoms with Crippen molar-refractivity contribution in [2.24, 2.45) is 0 Å². The summed E-state index contributed by atoms with van der Waals surface area (Å²) < 4.78 is 25.3. The molecule has 0 fully saturated rings. The number of hydrogen-bond acceptors (Lipinski definition) is 4. The SMILES string of the molecule is CS(=O)(=O)c1ccc(Cn2ccc3cc(Nc4ccc(Cl)cc4C(=O)O)ccc32)cc1. The Kier molecular flexibility index (Phi) is 5.47. The molecular weight excluding hydrogens is 436 g/mol. The van der Waals surface area contributed by atoms with Gasteiger partial charge in [0.15, 0.2) is 9.84 Å². The lowest BCUT2D eigenvalue weighted by Gasteiger charge is -2.11. The van der Waals surface area contributed by atoms with Gasteiger partial charge in [-0.2, -0.15) is 0 Å². The molecule has 4 rings (SSSR count). The number of benzene rings is 3. The maximum atomic E-state index is 11.6. The van der Waals surface area contributed by atoms with Crippen LogP contribution >= 0.6 is 11.6 Å². The first-order valence-corrected chi connectivity index (χ1v) is 11.7. The minimum atomic E-state index is -3.22. The van der Waals surface area contributed by atoms with Crippen molar-refractivity contribution in [1.29, 1.82) is 0 Å². The Balaban J connectivity index is 1.58. The van der Waals surface area contributed by atoms with Gasteiger partial charge in [-0.1, -0.05) is 23.7 Å². The van der Waals surface area contributed by atoms with Crippen LogP contribution in [-0.4, -0.2) is 30.3 Å². The summed E-state index contributed by atoms with van der Waals surface area (Å²) in [7, 11) is -3.22. The quantitative estimate of drug-likeness (QED) is 0.418. The number of nitrogens with zero attached hydrogens (tertiary/aromatic N) is 1. The molecule has 158 valence electrons.